The molecular weight excluding hydrogens is 512 g/mol. The molecule has 2 amide bonds. The summed E-state index contributed by atoms with van der Waals surface area (Å²) in [5, 5.41) is 22.3. The lowest BCUT2D eigenvalue weighted by atomic mass is 9.86. The molecule has 36 heavy (non-hydrogen) atoms. The Kier molecular flexibility index (Phi) is 8.16. The van der Waals surface area contributed by atoms with Crippen LogP contribution in [0.3, 0.4) is 0 Å². The number of hydrogen-bond acceptors (Lipinski definition) is 6. The van der Waals surface area contributed by atoms with Gasteiger partial charge in [-0.05, 0) is 61.2 Å². The minimum Gasteiger partial charge on any atom is -0.353 e. The lowest BCUT2D eigenvalue weighted by Crippen LogP contribution is -2.31. The Morgan fingerprint density at radius 3 is 2.50 bits per heavy atom. The van der Waals surface area contributed by atoms with E-state index in [9.17, 15) is 14.9 Å². The van der Waals surface area contributed by atoms with E-state index in [4.69, 9.17) is 11.6 Å². The van der Waals surface area contributed by atoms with E-state index in [1.165, 1.54) is 23.1 Å². The maximum absolute atomic E-state index is 13.5. The molecule has 2 heterocycles. The predicted octanol–water partition coefficient (Wildman–Crippen LogP) is 6.42. The average Bonchev–Trinajstić information content (AvgIpc) is 3.39. The maximum Gasteiger partial charge on any atom is 0.254 e. The van der Waals surface area contributed by atoms with Crippen molar-refractivity contribution >= 4 is 57.9 Å². The molecule has 3 N–H and O–H groups in total. The van der Waals surface area contributed by atoms with Gasteiger partial charge in [0.05, 0.1) is 28.3 Å². The molecule has 6 nitrogen and oxygen atoms in total. The summed E-state index contributed by atoms with van der Waals surface area (Å²) in [6.45, 7) is 3.74. The molecule has 2 aromatic carbocycles. The summed E-state index contributed by atoms with van der Waals surface area (Å²) in [6, 6.07) is 20.5. The van der Waals surface area contributed by atoms with Crippen molar-refractivity contribution in [3.05, 3.63) is 103 Å². The van der Waals surface area contributed by atoms with Gasteiger partial charge in [-0.15, -0.1) is 11.3 Å². The van der Waals surface area contributed by atoms with Crippen LogP contribution in [0.4, 0.5) is 11.4 Å². The van der Waals surface area contributed by atoms with Crippen molar-refractivity contribution in [2.75, 3.05) is 16.4 Å². The number of allylic oxidation sites excluding steroid dienone is 2. The zero-order chi connectivity index (χ0) is 25.7. The SMILES string of the molecule is CC1=C(C(=O)Nc2ccccc2C)C(c2cccs2)C(C#N)=C(SCC(=O)Nc2ccc(Cl)cc2)N1. The number of amides is 2. The zero-order valence-corrected chi connectivity index (χ0v) is 22.0. The van der Waals surface area contributed by atoms with Crippen LogP contribution in [-0.4, -0.2) is 17.6 Å². The fraction of sp³-hybridized carbons (Fsp3) is 0.148. The van der Waals surface area contributed by atoms with E-state index >= 15 is 0 Å². The Morgan fingerprint density at radius 2 is 1.83 bits per heavy atom. The fourth-order valence-corrected chi connectivity index (χ4v) is 5.70. The number of nitrogens with one attached hydrogen (secondary N) is 3. The third-order valence-corrected chi connectivity index (χ3v) is 7.79. The highest BCUT2D eigenvalue weighted by Gasteiger charge is 2.35. The molecule has 1 unspecified atom stereocenters. The van der Waals surface area contributed by atoms with E-state index < -0.39 is 5.92 Å². The molecule has 0 saturated heterocycles. The molecule has 9 heteroatoms. The number of benzene rings is 2. The van der Waals surface area contributed by atoms with E-state index in [2.05, 4.69) is 22.0 Å². The Balaban J connectivity index is 1.58. The summed E-state index contributed by atoms with van der Waals surface area (Å²) < 4.78 is 0. The smallest absolute Gasteiger partial charge is 0.254 e. The topological polar surface area (TPSA) is 94.0 Å². The van der Waals surface area contributed by atoms with E-state index in [1.54, 1.807) is 24.3 Å². The van der Waals surface area contributed by atoms with Crippen LogP contribution in [0.15, 0.2) is 87.9 Å². The van der Waals surface area contributed by atoms with Crippen molar-refractivity contribution in [2.24, 2.45) is 0 Å². The number of anilines is 2. The number of carbonyl (C=O) groups is 2. The van der Waals surface area contributed by atoms with Crippen LogP contribution in [0.1, 0.15) is 23.3 Å². The highest BCUT2D eigenvalue weighted by molar-refractivity contribution is 8.03. The van der Waals surface area contributed by atoms with Gasteiger partial charge < -0.3 is 16.0 Å². The first-order valence-electron chi connectivity index (χ1n) is 11.1. The van der Waals surface area contributed by atoms with Crippen molar-refractivity contribution in [1.82, 2.24) is 5.32 Å². The molecule has 182 valence electrons. The van der Waals surface area contributed by atoms with Crippen molar-refractivity contribution in [2.45, 2.75) is 19.8 Å². The number of carbonyl (C=O) groups excluding carboxylic acids is 2. The first kappa shape index (κ1) is 25.6. The molecular formula is C27H23ClN4O2S2. The number of rotatable bonds is 7. The molecule has 4 rings (SSSR count). The van der Waals surface area contributed by atoms with Crippen molar-refractivity contribution in [3.8, 4) is 6.07 Å². The van der Waals surface area contributed by atoms with Crippen LogP contribution in [0, 0.1) is 18.3 Å². The van der Waals surface area contributed by atoms with Crippen molar-refractivity contribution < 1.29 is 9.59 Å². The molecule has 1 aromatic heterocycles. The van der Waals surface area contributed by atoms with Crippen LogP contribution in [-0.2, 0) is 9.59 Å². The van der Waals surface area contributed by atoms with Gasteiger partial charge in [0.2, 0.25) is 5.91 Å². The second kappa shape index (κ2) is 11.5. The third kappa shape index (κ3) is 5.82. The van der Waals surface area contributed by atoms with Crippen LogP contribution in [0.5, 0.6) is 0 Å². The largest absolute Gasteiger partial charge is 0.353 e. The second-order valence-corrected chi connectivity index (χ2v) is 10.5. The van der Waals surface area contributed by atoms with E-state index in [1.807, 2.05) is 55.6 Å². The van der Waals surface area contributed by atoms with Crippen LogP contribution in [0.25, 0.3) is 0 Å². The Hall–Kier alpha value is -3.51. The van der Waals surface area contributed by atoms with Gasteiger partial charge in [-0.3, -0.25) is 9.59 Å². The molecule has 0 saturated carbocycles. The quantitative estimate of drug-likeness (QED) is 0.325. The molecule has 1 aliphatic rings. The van der Waals surface area contributed by atoms with Crippen molar-refractivity contribution in [3.63, 3.8) is 0 Å². The summed E-state index contributed by atoms with van der Waals surface area (Å²) in [6.07, 6.45) is 0. The first-order chi connectivity index (χ1) is 17.4. The number of hydrogen-bond donors (Lipinski definition) is 3. The van der Waals surface area contributed by atoms with Crippen LogP contribution < -0.4 is 16.0 Å². The Bertz CT molecular complexity index is 1390. The summed E-state index contributed by atoms with van der Waals surface area (Å²) in [5.74, 6) is -0.941. The summed E-state index contributed by atoms with van der Waals surface area (Å²) in [7, 11) is 0. The number of halogens is 1. The number of dihydropyridines is 1. The fourth-order valence-electron chi connectivity index (χ4n) is 3.84. The van der Waals surface area contributed by atoms with Gasteiger partial charge >= 0.3 is 0 Å². The highest BCUT2D eigenvalue weighted by Crippen LogP contribution is 2.42. The van der Waals surface area contributed by atoms with Gasteiger partial charge in [-0.1, -0.05) is 47.6 Å². The maximum atomic E-state index is 13.5. The van der Waals surface area contributed by atoms with Gasteiger partial charge in [0, 0.05) is 32.5 Å². The van der Waals surface area contributed by atoms with Gasteiger partial charge in [0.15, 0.2) is 0 Å². The minimum absolute atomic E-state index is 0.0886. The number of para-hydroxylation sites is 1. The minimum atomic E-state index is -0.540. The molecule has 0 fully saturated rings. The Morgan fingerprint density at radius 1 is 1.08 bits per heavy atom. The van der Waals surface area contributed by atoms with Gasteiger partial charge in [0.1, 0.15) is 0 Å². The third-order valence-electron chi connectivity index (χ3n) is 5.59. The van der Waals surface area contributed by atoms with Crippen molar-refractivity contribution in [1.29, 1.82) is 5.26 Å². The Labute approximate surface area is 223 Å². The van der Waals surface area contributed by atoms with Crippen LogP contribution in [0.2, 0.25) is 5.02 Å². The molecule has 0 spiro atoms. The van der Waals surface area contributed by atoms with Gasteiger partial charge in [-0.2, -0.15) is 5.26 Å². The lowest BCUT2D eigenvalue weighted by molar-refractivity contribution is -0.114. The number of thiophene rings is 1. The number of nitriles is 1. The van der Waals surface area contributed by atoms with E-state index in [-0.39, 0.29) is 17.6 Å². The van der Waals surface area contributed by atoms with E-state index in [0.717, 1.165) is 10.4 Å². The molecule has 0 aliphatic carbocycles. The molecule has 0 radical (unpaired) electrons. The molecule has 1 aliphatic heterocycles. The first-order valence-corrected chi connectivity index (χ1v) is 13.3. The average molecular weight is 535 g/mol. The standard InChI is InChI=1S/C27H23ClN4O2S2/c1-16-6-3-4-7-21(16)32-26(34)24-17(2)30-27(20(14-29)25(24)22-8-5-13-35-22)36-15-23(33)31-19-11-9-18(28)10-12-19/h3-13,25,30H,15H2,1-2H3,(H,31,33)(H,32,34). The van der Waals surface area contributed by atoms with E-state index in [0.29, 0.717) is 38.3 Å². The summed E-state index contributed by atoms with van der Waals surface area (Å²) >= 11 is 8.62. The number of thioether (sulfide) groups is 1. The van der Waals surface area contributed by atoms with Crippen LogP contribution >= 0.6 is 34.7 Å². The number of nitrogens with zero attached hydrogens (tertiary/aromatic N) is 1. The highest BCUT2D eigenvalue weighted by atomic mass is 35.5. The molecule has 3 aromatic rings. The lowest BCUT2D eigenvalue weighted by Gasteiger charge is -2.29. The summed E-state index contributed by atoms with van der Waals surface area (Å²) in [4.78, 5) is 26.9. The monoisotopic (exact) mass is 534 g/mol. The number of aryl methyl sites for hydroxylation is 1. The molecule has 0 bridgehead atoms. The van der Waals surface area contributed by atoms with Gasteiger partial charge in [-0.25, -0.2) is 0 Å². The predicted molar refractivity (Wildman–Crippen MR) is 148 cm³/mol. The zero-order valence-electron chi connectivity index (χ0n) is 19.6. The summed E-state index contributed by atoms with van der Waals surface area (Å²) in [5.41, 5.74) is 3.82. The second-order valence-electron chi connectivity index (χ2n) is 8.08. The normalized spacial score (nSPS) is 15.2. The van der Waals surface area contributed by atoms with Gasteiger partial charge in [0.25, 0.3) is 5.91 Å². The molecule has 1 atom stereocenters.